The Morgan fingerprint density at radius 2 is 1.02 bits per heavy atom. The number of aliphatic hydroxyl groups excluding tert-OH is 2. The minimum atomic E-state index is -1.26. The average molecular weight is 593 g/mol. The molecule has 2 unspecified atom stereocenters. The van der Waals surface area contributed by atoms with E-state index in [-0.39, 0.29) is 23.6 Å². The van der Waals surface area contributed by atoms with E-state index in [1.807, 2.05) is 27.7 Å². The number of benzene rings is 2. The van der Waals surface area contributed by atoms with Crippen LogP contribution in [0.3, 0.4) is 0 Å². The van der Waals surface area contributed by atoms with Gasteiger partial charge in [-0.2, -0.15) is 0 Å². The van der Waals surface area contributed by atoms with Crippen LogP contribution in [0.4, 0.5) is 11.4 Å². The summed E-state index contributed by atoms with van der Waals surface area (Å²) in [5.74, 6) is -2.56. The predicted octanol–water partition coefficient (Wildman–Crippen LogP) is 1.70. The molecule has 0 saturated carbocycles. The van der Waals surface area contributed by atoms with Crippen molar-refractivity contribution in [3.8, 4) is 11.5 Å². The third kappa shape index (κ3) is 16.6. The molecule has 0 bridgehead atoms. The molecule has 0 radical (unpaired) electrons. The van der Waals surface area contributed by atoms with Crippen molar-refractivity contribution in [1.29, 1.82) is 0 Å². The summed E-state index contributed by atoms with van der Waals surface area (Å²) in [4.78, 5) is 39.8. The lowest BCUT2D eigenvalue weighted by Gasteiger charge is -2.15. The van der Waals surface area contributed by atoms with E-state index in [0.29, 0.717) is 60.6 Å². The van der Waals surface area contributed by atoms with Crippen LogP contribution in [0.2, 0.25) is 0 Å². The lowest BCUT2D eigenvalue weighted by molar-refractivity contribution is -0.134. The standard InChI is InChI=1S/2C12H18N2O3.C4H4O4/c2*1-8(2)13-6-12(17)9-3-4-11(16)10(5-9)14-7-15;5-3(6)1-2-4(7)8/h2*3-5,7-8,12-13,16-17H,6H2,1-2H3,(H,14,15);1-2H,(H,5,6)(H,7,8)/b;;2-1+. The smallest absolute Gasteiger partial charge is 0.328 e. The second-order valence-corrected chi connectivity index (χ2v) is 9.24. The van der Waals surface area contributed by atoms with Crippen molar-refractivity contribution in [2.75, 3.05) is 23.7 Å². The first-order valence-corrected chi connectivity index (χ1v) is 12.7. The van der Waals surface area contributed by atoms with Crippen molar-refractivity contribution in [3.63, 3.8) is 0 Å². The maximum Gasteiger partial charge on any atom is 0.328 e. The molecule has 232 valence electrons. The van der Waals surface area contributed by atoms with Gasteiger partial charge in [-0.25, -0.2) is 9.59 Å². The number of amides is 2. The van der Waals surface area contributed by atoms with Crippen molar-refractivity contribution in [2.45, 2.75) is 52.0 Å². The normalized spacial score (nSPS) is 11.9. The minimum Gasteiger partial charge on any atom is -0.506 e. The molecule has 2 rings (SSSR count). The Balaban J connectivity index is 0.000000642. The van der Waals surface area contributed by atoms with E-state index >= 15 is 0 Å². The van der Waals surface area contributed by atoms with Gasteiger partial charge in [-0.3, -0.25) is 9.59 Å². The fraction of sp³-hybridized carbons (Fsp3) is 0.357. The average Bonchev–Trinajstić information content (AvgIpc) is 2.92. The fourth-order valence-electron chi connectivity index (χ4n) is 2.95. The lowest BCUT2D eigenvalue weighted by Crippen LogP contribution is -2.27. The van der Waals surface area contributed by atoms with Crippen LogP contribution in [0, 0.1) is 0 Å². The summed E-state index contributed by atoms with van der Waals surface area (Å²) in [6, 6.07) is 9.81. The van der Waals surface area contributed by atoms with Crippen LogP contribution >= 0.6 is 0 Å². The van der Waals surface area contributed by atoms with Crippen LogP contribution in [-0.4, -0.2) is 80.6 Å². The first-order chi connectivity index (χ1) is 19.7. The van der Waals surface area contributed by atoms with Gasteiger partial charge < -0.3 is 51.9 Å². The van der Waals surface area contributed by atoms with Gasteiger partial charge >= 0.3 is 11.9 Å². The Hall–Kier alpha value is -4.50. The number of carboxylic acid groups (broad SMARTS) is 2. The summed E-state index contributed by atoms with van der Waals surface area (Å²) in [5, 5.41) is 65.3. The van der Waals surface area contributed by atoms with Gasteiger partial charge in [0.05, 0.1) is 23.6 Å². The molecule has 14 heteroatoms. The molecule has 0 saturated heterocycles. The Bertz CT molecular complexity index is 1080. The summed E-state index contributed by atoms with van der Waals surface area (Å²) >= 11 is 0. The zero-order valence-electron chi connectivity index (χ0n) is 23.8. The van der Waals surface area contributed by atoms with Gasteiger partial charge in [0, 0.05) is 37.3 Å². The number of nitrogens with one attached hydrogen (secondary N) is 4. The van der Waals surface area contributed by atoms with E-state index in [4.69, 9.17) is 10.2 Å². The molecule has 0 aliphatic carbocycles. The van der Waals surface area contributed by atoms with Gasteiger partial charge in [0.25, 0.3) is 0 Å². The molecule has 0 aromatic heterocycles. The van der Waals surface area contributed by atoms with Crippen LogP contribution in [0.1, 0.15) is 51.0 Å². The van der Waals surface area contributed by atoms with Crippen molar-refractivity contribution < 1.29 is 49.8 Å². The van der Waals surface area contributed by atoms with E-state index in [1.54, 1.807) is 24.3 Å². The Morgan fingerprint density at radius 3 is 1.29 bits per heavy atom. The second-order valence-electron chi connectivity index (χ2n) is 9.24. The number of carbonyl (C=O) groups excluding carboxylic acids is 2. The highest BCUT2D eigenvalue weighted by Gasteiger charge is 2.12. The van der Waals surface area contributed by atoms with Gasteiger partial charge in [-0.05, 0) is 35.4 Å². The van der Waals surface area contributed by atoms with E-state index in [1.165, 1.54) is 12.1 Å². The van der Waals surface area contributed by atoms with Gasteiger partial charge in [0.1, 0.15) is 11.5 Å². The molecule has 2 amide bonds. The number of carbonyl (C=O) groups is 4. The number of phenolic OH excluding ortho intramolecular Hbond substituents is 2. The molecule has 2 aromatic carbocycles. The summed E-state index contributed by atoms with van der Waals surface area (Å²) in [6.45, 7) is 8.80. The molecule has 2 aromatic rings. The van der Waals surface area contributed by atoms with Crippen LogP contribution in [0.15, 0.2) is 48.6 Å². The zero-order valence-corrected chi connectivity index (χ0v) is 23.8. The molecule has 14 nitrogen and oxygen atoms in total. The minimum absolute atomic E-state index is 0.0233. The van der Waals surface area contributed by atoms with Crippen molar-refractivity contribution in [1.82, 2.24) is 10.6 Å². The number of carboxylic acids is 2. The van der Waals surface area contributed by atoms with E-state index in [2.05, 4.69) is 21.3 Å². The number of aliphatic carboxylic acids is 2. The number of rotatable bonds is 14. The monoisotopic (exact) mass is 592 g/mol. The first kappa shape index (κ1) is 37.5. The highest BCUT2D eigenvalue weighted by atomic mass is 16.4. The molecule has 0 fully saturated rings. The molecule has 0 heterocycles. The zero-order chi connectivity index (χ0) is 32.2. The molecule has 0 aliphatic heterocycles. The molecule has 2 atom stereocenters. The predicted molar refractivity (Wildman–Crippen MR) is 156 cm³/mol. The maximum absolute atomic E-state index is 10.3. The summed E-state index contributed by atoms with van der Waals surface area (Å²) in [6.07, 6.45) is 0.732. The van der Waals surface area contributed by atoms with Gasteiger partial charge in [0.2, 0.25) is 12.8 Å². The van der Waals surface area contributed by atoms with E-state index in [0.717, 1.165) is 0 Å². The Kier molecular flexibility index (Phi) is 18.2. The molecule has 42 heavy (non-hydrogen) atoms. The van der Waals surface area contributed by atoms with Gasteiger partial charge in [-0.1, -0.05) is 39.8 Å². The number of phenols is 2. The molecular weight excluding hydrogens is 552 g/mol. The number of aliphatic hydroxyl groups is 2. The van der Waals surface area contributed by atoms with Crippen LogP contribution in [0.5, 0.6) is 11.5 Å². The molecule has 0 aliphatic rings. The quantitative estimate of drug-likeness (QED) is 0.0857. The third-order valence-corrected chi connectivity index (χ3v) is 5.05. The van der Waals surface area contributed by atoms with Crippen LogP contribution in [0.25, 0.3) is 0 Å². The molecule has 10 N–H and O–H groups in total. The fourth-order valence-corrected chi connectivity index (χ4v) is 2.95. The lowest BCUT2D eigenvalue weighted by atomic mass is 10.1. The van der Waals surface area contributed by atoms with Crippen molar-refractivity contribution in [3.05, 3.63) is 59.7 Å². The SMILES string of the molecule is CC(C)NCC(O)c1ccc(O)c(NC=O)c1.CC(C)NCC(O)c1ccc(O)c(NC=O)c1.O=C(O)/C=C/C(=O)O. The van der Waals surface area contributed by atoms with Gasteiger partial charge in [0.15, 0.2) is 0 Å². The third-order valence-electron chi connectivity index (χ3n) is 5.05. The first-order valence-electron chi connectivity index (χ1n) is 12.7. The van der Waals surface area contributed by atoms with E-state index < -0.39 is 24.1 Å². The largest absolute Gasteiger partial charge is 0.506 e. The highest BCUT2D eigenvalue weighted by molar-refractivity contribution is 5.89. The number of hydrogen-bond donors (Lipinski definition) is 10. The van der Waals surface area contributed by atoms with Crippen molar-refractivity contribution in [2.24, 2.45) is 0 Å². The molecule has 0 spiro atoms. The summed E-state index contributed by atoms with van der Waals surface area (Å²) in [7, 11) is 0. The maximum atomic E-state index is 10.3. The molecular formula is C28H40N4O10. The number of hydrogen-bond acceptors (Lipinski definition) is 10. The Morgan fingerprint density at radius 1 is 0.690 bits per heavy atom. The van der Waals surface area contributed by atoms with Gasteiger partial charge in [-0.15, -0.1) is 0 Å². The topological polar surface area (TPSA) is 238 Å². The van der Waals surface area contributed by atoms with Crippen molar-refractivity contribution >= 4 is 36.1 Å². The Labute approximate surface area is 243 Å². The number of anilines is 2. The van der Waals surface area contributed by atoms with E-state index in [9.17, 15) is 39.6 Å². The summed E-state index contributed by atoms with van der Waals surface area (Å²) in [5.41, 5.74) is 1.86. The summed E-state index contributed by atoms with van der Waals surface area (Å²) < 4.78 is 0. The number of aromatic hydroxyl groups is 2. The second kappa shape index (κ2) is 20.4. The highest BCUT2D eigenvalue weighted by Crippen LogP contribution is 2.27. The van der Waals surface area contributed by atoms with Crippen LogP contribution in [-0.2, 0) is 19.2 Å². The van der Waals surface area contributed by atoms with Crippen LogP contribution < -0.4 is 21.3 Å².